The van der Waals surface area contributed by atoms with Crippen molar-refractivity contribution in [1.29, 1.82) is 10.5 Å². The second-order valence-corrected chi connectivity index (χ2v) is 2.55. The van der Waals surface area contributed by atoms with Crippen molar-refractivity contribution >= 4 is 8.53 Å². The van der Waals surface area contributed by atoms with E-state index in [0.717, 1.165) is 0 Å². The van der Waals surface area contributed by atoms with Crippen molar-refractivity contribution in [3.63, 3.8) is 0 Å². The molecule has 0 fully saturated rings. The van der Waals surface area contributed by atoms with E-state index in [1.54, 1.807) is 12.1 Å². The van der Waals surface area contributed by atoms with E-state index in [1.807, 2.05) is 5.09 Å². The maximum Gasteiger partial charge on any atom is 0.252 e. The monoisotopic (exact) mass is 159 g/mol. The van der Waals surface area contributed by atoms with Gasteiger partial charge in [0.05, 0.1) is 0 Å². The average Bonchev–Trinajstić information content (AvgIpc) is 1.87. The first-order valence-corrected chi connectivity index (χ1v) is 3.57. The summed E-state index contributed by atoms with van der Waals surface area (Å²) in [5.74, 6) is 0. The molecule has 0 saturated heterocycles. The molecule has 5 nitrogen and oxygen atoms in total. The zero-order valence-corrected chi connectivity index (χ0v) is 6.13. The number of nitrogens with zero attached hydrogens (tertiary/aromatic N) is 2. The fourth-order valence-electron chi connectivity index (χ4n) is 0.275. The Bertz CT molecular complexity index is 178. The van der Waals surface area contributed by atoms with Gasteiger partial charge in [-0.2, -0.15) is 10.5 Å². The summed E-state index contributed by atoms with van der Waals surface area (Å²) in [5, 5.41) is 18.6. The van der Waals surface area contributed by atoms with E-state index in [9.17, 15) is 0 Å². The zero-order chi connectivity index (χ0) is 8.20. The maximum absolute atomic E-state index is 8.36. The molecular weight excluding hydrogens is 153 g/mol. The molecule has 0 bridgehead atoms. The smallest absolute Gasteiger partial charge is 0.252 e. The Kier molecular flexibility index (Phi) is 3.21. The van der Waals surface area contributed by atoms with Gasteiger partial charge in [-0.05, 0) is 6.92 Å². The molecule has 0 heterocycles. The lowest BCUT2D eigenvalue weighted by Gasteiger charge is -2.13. The van der Waals surface area contributed by atoms with Gasteiger partial charge in [-0.3, -0.25) is 0 Å². The standard InChI is InChI=1S/C4H6N3O2P/c1-4(2-5,3-6)7-10(8)9/h7-9H,1H3. The van der Waals surface area contributed by atoms with E-state index in [-0.39, 0.29) is 0 Å². The molecule has 0 atom stereocenters. The normalized spacial score (nSPS) is 10.6. The lowest BCUT2D eigenvalue weighted by atomic mass is 10.1. The Morgan fingerprint density at radius 1 is 1.40 bits per heavy atom. The molecule has 54 valence electrons. The molecule has 10 heavy (non-hydrogen) atoms. The van der Waals surface area contributed by atoms with Crippen molar-refractivity contribution in [3.05, 3.63) is 0 Å². The van der Waals surface area contributed by atoms with E-state index in [1.165, 1.54) is 6.92 Å². The highest BCUT2D eigenvalue weighted by atomic mass is 31.2. The van der Waals surface area contributed by atoms with Crippen LogP contribution in [0.25, 0.3) is 0 Å². The number of nitrogens with one attached hydrogen (secondary N) is 1. The van der Waals surface area contributed by atoms with Crippen molar-refractivity contribution in [1.82, 2.24) is 5.09 Å². The summed E-state index contributed by atoms with van der Waals surface area (Å²) in [4.78, 5) is 16.7. The first kappa shape index (κ1) is 9.29. The van der Waals surface area contributed by atoms with Gasteiger partial charge in [-0.25, -0.2) is 5.09 Å². The van der Waals surface area contributed by atoms with Crippen LogP contribution in [0.3, 0.4) is 0 Å². The predicted octanol–water partition coefficient (Wildman–Crippen LogP) is -0.407. The van der Waals surface area contributed by atoms with E-state index in [4.69, 9.17) is 20.3 Å². The van der Waals surface area contributed by atoms with E-state index in [0.29, 0.717) is 0 Å². The molecule has 0 aromatic heterocycles. The second kappa shape index (κ2) is 3.46. The second-order valence-electron chi connectivity index (χ2n) is 1.75. The molecule has 0 aromatic carbocycles. The quantitative estimate of drug-likeness (QED) is 0.475. The minimum atomic E-state index is -2.40. The van der Waals surface area contributed by atoms with Crippen molar-refractivity contribution in [2.45, 2.75) is 12.5 Å². The molecule has 0 saturated carbocycles. The fraction of sp³-hybridized carbons (Fsp3) is 0.500. The Morgan fingerprint density at radius 3 is 1.90 bits per heavy atom. The summed E-state index contributed by atoms with van der Waals surface area (Å²) in [6.07, 6.45) is 0. The van der Waals surface area contributed by atoms with Gasteiger partial charge >= 0.3 is 0 Å². The van der Waals surface area contributed by atoms with Gasteiger partial charge in [-0.15, -0.1) is 0 Å². The molecule has 0 spiro atoms. The van der Waals surface area contributed by atoms with Crippen LogP contribution < -0.4 is 5.09 Å². The summed E-state index contributed by atoms with van der Waals surface area (Å²) in [6.45, 7) is 1.26. The first-order valence-electron chi connectivity index (χ1n) is 2.32. The molecular formula is C4H6N3O2P. The Morgan fingerprint density at radius 2 is 1.80 bits per heavy atom. The summed E-state index contributed by atoms with van der Waals surface area (Å²) >= 11 is 0. The lowest BCUT2D eigenvalue weighted by Crippen LogP contribution is -2.35. The van der Waals surface area contributed by atoms with E-state index < -0.39 is 14.1 Å². The van der Waals surface area contributed by atoms with E-state index >= 15 is 0 Å². The highest BCUT2D eigenvalue weighted by Crippen LogP contribution is 2.21. The molecule has 0 aliphatic heterocycles. The number of hydrogen-bond acceptors (Lipinski definition) is 5. The topological polar surface area (TPSA) is 100 Å². The van der Waals surface area contributed by atoms with Gasteiger partial charge in [0.1, 0.15) is 12.1 Å². The van der Waals surface area contributed by atoms with Gasteiger partial charge in [-0.1, -0.05) is 0 Å². The lowest BCUT2D eigenvalue weighted by molar-refractivity contribution is 0.449. The number of nitriles is 2. The SMILES string of the molecule is CC(C#N)(C#N)NP(O)O. The first-order chi connectivity index (χ1) is 4.54. The third-order valence-electron chi connectivity index (χ3n) is 0.771. The number of hydrogen-bond donors (Lipinski definition) is 3. The summed E-state index contributed by atoms with van der Waals surface area (Å²) < 4.78 is 0. The van der Waals surface area contributed by atoms with Crippen molar-refractivity contribution in [2.75, 3.05) is 0 Å². The molecule has 0 aromatic rings. The summed E-state index contributed by atoms with van der Waals surface area (Å²) in [7, 11) is -2.40. The van der Waals surface area contributed by atoms with Gasteiger partial charge in [0.25, 0.3) is 8.53 Å². The molecule has 0 unspecified atom stereocenters. The molecule has 3 N–H and O–H groups in total. The van der Waals surface area contributed by atoms with Gasteiger partial charge in [0, 0.05) is 0 Å². The van der Waals surface area contributed by atoms with Crippen LogP contribution in [0.4, 0.5) is 0 Å². The van der Waals surface area contributed by atoms with Gasteiger partial charge < -0.3 is 9.79 Å². The average molecular weight is 159 g/mol. The number of rotatable bonds is 2. The minimum Gasteiger partial charge on any atom is -0.338 e. The summed E-state index contributed by atoms with van der Waals surface area (Å²) in [5.41, 5.74) is -1.50. The molecule has 0 rings (SSSR count). The molecule has 0 radical (unpaired) electrons. The van der Waals surface area contributed by atoms with Crippen LogP contribution >= 0.6 is 8.53 Å². The Labute approximate surface area is 59.5 Å². The molecule has 6 heteroatoms. The maximum atomic E-state index is 8.36. The third-order valence-corrected chi connectivity index (χ3v) is 1.42. The highest BCUT2D eigenvalue weighted by Gasteiger charge is 2.25. The van der Waals surface area contributed by atoms with Crippen LogP contribution in [0.1, 0.15) is 6.92 Å². The van der Waals surface area contributed by atoms with Gasteiger partial charge in [0.2, 0.25) is 0 Å². The van der Waals surface area contributed by atoms with Crippen molar-refractivity contribution in [3.8, 4) is 12.1 Å². The fourth-order valence-corrected chi connectivity index (χ4v) is 0.775. The Hall–Kier alpha value is -0.710. The van der Waals surface area contributed by atoms with Crippen LogP contribution in [-0.2, 0) is 0 Å². The van der Waals surface area contributed by atoms with Crippen LogP contribution in [0.5, 0.6) is 0 Å². The Balaban J connectivity index is 4.15. The molecule has 0 aliphatic carbocycles. The minimum absolute atomic E-state index is 1.26. The highest BCUT2D eigenvalue weighted by molar-refractivity contribution is 7.42. The van der Waals surface area contributed by atoms with Crippen LogP contribution in [-0.4, -0.2) is 15.3 Å². The van der Waals surface area contributed by atoms with Crippen LogP contribution in [0.15, 0.2) is 0 Å². The third kappa shape index (κ3) is 2.72. The van der Waals surface area contributed by atoms with Crippen molar-refractivity contribution < 1.29 is 9.79 Å². The summed E-state index contributed by atoms with van der Waals surface area (Å²) in [6, 6.07) is 3.17. The van der Waals surface area contributed by atoms with Gasteiger partial charge in [0.15, 0.2) is 5.54 Å². The van der Waals surface area contributed by atoms with Crippen LogP contribution in [0.2, 0.25) is 0 Å². The van der Waals surface area contributed by atoms with E-state index in [2.05, 4.69) is 0 Å². The zero-order valence-electron chi connectivity index (χ0n) is 5.24. The van der Waals surface area contributed by atoms with Crippen LogP contribution in [0, 0.1) is 22.7 Å². The predicted molar refractivity (Wildman–Crippen MR) is 34.1 cm³/mol. The molecule has 0 amide bonds. The van der Waals surface area contributed by atoms with Crippen molar-refractivity contribution in [2.24, 2.45) is 0 Å². The largest absolute Gasteiger partial charge is 0.338 e. The molecule has 0 aliphatic rings.